The van der Waals surface area contributed by atoms with E-state index in [4.69, 9.17) is 16.0 Å². The van der Waals surface area contributed by atoms with Gasteiger partial charge in [0.15, 0.2) is 5.76 Å². The summed E-state index contributed by atoms with van der Waals surface area (Å²) in [6.07, 6.45) is 3.87. The van der Waals surface area contributed by atoms with Crippen LogP contribution in [-0.4, -0.2) is 37.7 Å². The molecular formula is C21H21ClN4O2S. The first kappa shape index (κ1) is 18.7. The quantitative estimate of drug-likeness (QED) is 0.482. The minimum Gasteiger partial charge on any atom is -0.492 e. The Labute approximate surface area is 177 Å². The fourth-order valence-electron chi connectivity index (χ4n) is 3.93. The Morgan fingerprint density at radius 2 is 2.07 bits per heavy atom. The molecule has 5 rings (SSSR count). The third-order valence-corrected chi connectivity index (χ3v) is 6.85. The van der Waals surface area contributed by atoms with Gasteiger partial charge in [-0.15, -0.1) is 5.10 Å². The normalized spacial score (nSPS) is 17.2. The summed E-state index contributed by atoms with van der Waals surface area (Å²) in [5.74, 6) is 1.89. The van der Waals surface area contributed by atoms with E-state index in [1.54, 1.807) is 18.4 Å². The van der Waals surface area contributed by atoms with E-state index in [0.29, 0.717) is 21.6 Å². The standard InChI is InChI=1S/C21H21ClN4O2S/c1-13-7-9-25(10-8-13)17(14-4-2-5-15(22)12-14)18-20(27)26-21(29-18)23-19(24-26)16-6-3-11-28-16/h2-6,11-13,17,27H,7-10H2,1H3. The van der Waals surface area contributed by atoms with Gasteiger partial charge < -0.3 is 9.52 Å². The first-order valence-electron chi connectivity index (χ1n) is 9.72. The van der Waals surface area contributed by atoms with Crippen molar-refractivity contribution in [2.24, 2.45) is 5.92 Å². The van der Waals surface area contributed by atoms with Crippen molar-refractivity contribution in [2.45, 2.75) is 25.8 Å². The lowest BCUT2D eigenvalue weighted by atomic mass is 9.95. The van der Waals surface area contributed by atoms with Crippen molar-refractivity contribution in [3.63, 3.8) is 0 Å². The summed E-state index contributed by atoms with van der Waals surface area (Å²) in [5, 5.41) is 16.2. The van der Waals surface area contributed by atoms with Gasteiger partial charge in [0.2, 0.25) is 16.7 Å². The number of benzene rings is 1. The molecule has 1 aliphatic heterocycles. The van der Waals surface area contributed by atoms with Gasteiger partial charge in [-0.25, -0.2) is 0 Å². The van der Waals surface area contributed by atoms with Crippen molar-refractivity contribution >= 4 is 27.9 Å². The van der Waals surface area contributed by atoms with Crippen LogP contribution in [0.15, 0.2) is 47.1 Å². The van der Waals surface area contributed by atoms with Crippen LogP contribution in [0.2, 0.25) is 5.02 Å². The summed E-state index contributed by atoms with van der Waals surface area (Å²) >= 11 is 7.75. The molecule has 3 aromatic heterocycles. The lowest BCUT2D eigenvalue weighted by Crippen LogP contribution is -2.36. The molecule has 0 spiro atoms. The molecule has 150 valence electrons. The Hall–Kier alpha value is -2.35. The average molecular weight is 429 g/mol. The van der Waals surface area contributed by atoms with E-state index < -0.39 is 0 Å². The Morgan fingerprint density at radius 3 is 2.76 bits per heavy atom. The van der Waals surface area contributed by atoms with Crippen LogP contribution in [0, 0.1) is 5.92 Å². The number of nitrogens with zero attached hydrogens (tertiary/aromatic N) is 4. The minimum absolute atomic E-state index is 0.0817. The van der Waals surface area contributed by atoms with Crippen LogP contribution in [0.1, 0.15) is 36.2 Å². The van der Waals surface area contributed by atoms with Crippen molar-refractivity contribution in [2.75, 3.05) is 13.1 Å². The molecule has 8 heteroatoms. The zero-order chi connectivity index (χ0) is 20.0. The van der Waals surface area contributed by atoms with Gasteiger partial charge in [-0.1, -0.05) is 42.0 Å². The van der Waals surface area contributed by atoms with Crippen LogP contribution in [0.3, 0.4) is 0 Å². The highest BCUT2D eigenvalue weighted by atomic mass is 35.5. The second-order valence-electron chi connectivity index (χ2n) is 7.57. The Balaban J connectivity index is 1.59. The number of halogens is 1. The topological polar surface area (TPSA) is 66.8 Å². The molecule has 1 fully saturated rings. The first-order chi connectivity index (χ1) is 14.1. The highest BCUT2D eigenvalue weighted by Crippen LogP contribution is 2.42. The van der Waals surface area contributed by atoms with Gasteiger partial charge in [0, 0.05) is 5.02 Å². The maximum absolute atomic E-state index is 11.1. The van der Waals surface area contributed by atoms with Crippen molar-refractivity contribution in [1.82, 2.24) is 19.5 Å². The molecule has 0 saturated carbocycles. The van der Waals surface area contributed by atoms with Gasteiger partial charge in [0.1, 0.15) is 0 Å². The molecule has 1 N–H and O–H groups in total. The van der Waals surface area contributed by atoms with Crippen molar-refractivity contribution in [1.29, 1.82) is 0 Å². The molecule has 1 aromatic carbocycles. The fourth-order valence-corrected chi connectivity index (χ4v) is 5.25. The number of hydrogen-bond donors (Lipinski definition) is 1. The van der Waals surface area contributed by atoms with E-state index in [2.05, 4.69) is 28.0 Å². The number of likely N-dealkylation sites (tertiary alicyclic amines) is 1. The second kappa shape index (κ2) is 7.48. The molecule has 0 radical (unpaired) electrons. The van der Waals surface area contributed by atoms with E-state index in [1.807, 2.05) is 18.2 Å². The van der Waals surface area contributed by atoms with Crippen LogP contribution in [-0.2, 0) is 0 Å². The summed E-state index contributed by atoms with van der Waals surface area (Å²) in [7, 11) is 0. The van der Waals surface area contributed by atoms with Crippen LogP contribution in [0.5, 0.6) is 5.88 Å². The molecule has 1 atom stereocenters. The largest absolute Gasteiger partial charge is 0.492 e. The second-order valence-corrected chi connectivity index (χ2v) is 9.02. The summed E-state index contributed by atoms with van der Waals surface area (Å²) in [4.78, 5) is 8.46. The predicted molar refractivity (Wildman–Crippen MR) is 113 cm³/mol. The van der Waals surface area contributed by atoms with E-state index in [1.165, 1.54) is 15.9 Å². The number of rotatable bonds is 4. The Bertz CT molecular complexity index is 1130. The Kier molecular flexibility index (Phi) is 4.81. The molecule has 6 nitrogen and oxygen atoms in total. The molecule has 0 bridgehead atoms. The Morgan fingerprint density at radius 1 is 1.24 bits per heavy atom. The first-order valence-corrected chi connectivity index (χ1v) is 10.9. The molecular weight excluding hydrogens is 408 g/mol. The van der Waals surface area contributed by atoms with E-state index >= 15 is 0 Å². The van der Waals surface area contributed by atoms with Crippen LogP contribution < -0.4 is 0 Å². The summed E-state index contributed by atoms with van der Waals surface area (Å²) in [5.41, 5.74) is 1.07. The smallest absolute Gasteiger partial charge is 0.230 e. The molecule has 1 aliphatic rings. The average Bonchev–Trinajstić information content (AvgIpc) is 3.43. The number of aromatic hydroxyl groups is 1. The summed E-state index contributed by atoms with van der Waals surface area (Å²) < 4.78 is 6.89. The number of hydrogen-bond acceptors (Lipinski definition) is 6. The zero-order valence-electron chi connectivity index (χ0n) is 16.0. The maximum atomic E-state index is 11.1. The van der Waals surface area contributed by atoms with Crippen molar-refractivity contribution < 1.29 is 9.52 Å². The monoisotopic (exact) mass is 428 g/mol. The number of thiazole rings is 1. The molecule has 0 amide bonds. The molecule has 4 aromatic rings. The van der Waals surface area contributed by atoms with Crippen LogP contribution in [0.25, 0.3) is 16.5 Å². The number of furan rings is 1. The third kappa shape index (κ3) is 3.43. The highest BCUT2D eigenvalue weighted by molar-refractivity contribution is 7.17. The van der Waals surface area contributed by atoms with Gasteiger partial charge >= 0.3 is 0 Å². The fraction of sp³-hybridized carbons (Fsp3) is 0.333. The SMILES string of the molecule is CC1CCN(C(c2cccc(Cl)c2)c2sc3nc(-c4ccco4)nn3c2O)CC1. The van der Waals surface area contributed by atoms with Gasteiger partial charge in [0.25, 0.3) is 0 Å². The number of aromatic nitrogens is 3. The molecule has 0 aliphatic carbocycles. The van der Waals surface area contributed by atoms with Gasteiger partial charge in [-0.05, 0) is 61.7 Å². The maximum Gasteiger partial charge on any atom is 0.230 e. The van der Waals surface area contributed by atoms with Crippen molar-refractivity contribution in [3.8, 4) is 17.5 Å². The number of fused-ring (bicyclic) bond motifs is 1. The molecule has 29 heavy (non-hydrogen) atoms. The summed E-state index contributed by atoms with van der Waals surface area (Å²) in [6.45, 7) is 4.24. The van der Waals surface area contributed by atoms with Crippen LogP contribution in [0.4, 0.5) is 0 Å². The molecule has 1 unspecified atom stereocenters. The lowest BCUT2D eigenvalue weighted by molar-refractivity contribution is 0.157. The van der Waals surface area contributed by atoms with Crippen molar-refractivity contribution in [3.05, 3.63) is 58.1 Å². The van der Waals surface area contributed by atoms with Crippen LogP contribution >= 0.6 is 22.9 Å². The van der Waals surface area contributed by atoms with E-state index in [0.717, 1.165) is 42.3 Å². The summed E-state index contributed by atoms with van der Waals surface area (Å²) in [6, 6.07) is 11.4. The number of piperidine rings is 1. The third-order valence-electron chi connectivity index (χ3n) is 5.54. The van der Waals surface area contributed by atoms with Gasteiger partial charge in [-0.2, -0.15) is 9.50 Å². The lowest BCUT2D eigenvalue weighted by Gasteiger charge is -2.36. The zero-order valence-corrected chi connectivity index (χ0v) is 17.5. The highest BCUT2D eigenvalue weighted by Gasteiger charge is 2.31. The predicted octanol–water partition coefficient (Wildman–Crippen LogP) is 5.23. The van der Waals surface area contributed by atoms with Gasteiger partial charge in [-0.3, -0.25) is 4.90 Å². The van der Waals surface area contributed by atoms with E-state index in [9.17, 15) is 5.11 Å². The molecule has 1 saturated heterocycles. The van der Waals surface area contributed by atoms with Gasteiger partial charge in [0.05, 0.1) is 17.2 Å². The van der Waals surface area contributed by atoms with E-state index in [-0.39, 0.29) is 11.9 Å². The minimum atomic E-state index is -0.0817. The molecule has 4 heterocycles.